The summed E-state index contributed by atoms with van der Waals surface area (Å²) >= 11 is 12.4. The van der Waals surface area contributed by atoms with Gasteiger partial charge in [-0.3, -0.25) is 0 Å². The monoisotopic (exact) mass is 273 g/mol. The number of halogens is 2. The van der Waals surface area contributed by atoms with Crippen LogP contribution in [0.4, 0.5) is 0 Å². The van der Waals surface area contributed by atoms with E-state index in [-0.39, 0.29) is 11.5 Å². The number of benzene rings is 1. The Hall–Kier alpha value is -0.280. The van der Waals surface area contributed by atoms with E-state index in [1.165, 1.54) is 0 Å². The highest BCUT2D eigenvalue weighted by Crippen LogP contribution is 2.40. The van der Waals surface area contributed by atoms with Crippen molar-refractivity contribution < 1.29 is 4.74 Å². The molecule has 0 aliphatic carbocycles. The Balaban J connectivity index is 2.30. The molecule has 17 heavy (non-hydrogen) atoms. The van der Waals surface area contributed by atoms with Gasteiger partial charge in [-0.05, 0) is 37.5 Å². The second kappa shape index (κ2) is 5.15. The lowest BCUT2D eigenvalue weighted by atomic mass is 9.76. The molecule has 2 unspecified atom stereocenters. The van der Waals surface area contributed by atoms with Crippen molar-refractivity contribution in [2.75, 3.05) is 13.2 Å². The Morgan fingerprint density at radius 1 is 1.41 bits per heavy atom. The van der Waals surface area contributed by atoms with Gasteiger partial charge in [-0.25, -0.2) is 0 Å². The molecule has 1 fully saturated rings. The average Bonchev–Trinajstić information content (AvgIpc) is 2.66. The summed E-state index contributed by atoms with van der Waals surface area (Å²) < 4.78 is 5.65. The van der Waals surface area contributed by atoms with E-state index in [0.717, 1.165) is 25.0 Å². The fraction of sp³-hybridized carbons (Fsp3) is 0.538. The van der Waals surface area contributed by atoms with Gasteiger partial charge in [0, 0.05) is 28.6 Å². The maximum Gasteiger partial charge on any atom is 0.0619 e. The first-order chi connectivity index (χ1) is 8.09. The summed E-state index contributed by atoms with van der Waals surface area (Å²) in [6, 6.07) is 5.60. The summed E-state index contributed by atoms with van der Waals surface area (Å²) in [5, 5.41) is 1.42. The van der Waals surface area contributed by atoms with Crippen LogP contribution in [-0.2, 0) is 11.2 Å². The molecule has 4 heteroatoms. The summed E-state index contributed by atoms with van der Waals surface area (Å²) in [5.74, 6) is 0. The zero-order valence-corrected chi connectivity index (χ0v) is 11.4. The van der Waals surface area contributed by atoms with E-state index in [9.17, 15) is 0 Å². The van der Waals surface area contributed by atoms with E-state index < -0.39 is 0 Å². The molecule has 1 aliphatic rings. The molecule has 1 aliphatic heterocycles. The van der Waals surface area contributed by atoms with Gasteiger partial charge in [0.25, 0.3) is 0 Å². The van der Waals surface area contributed by atoms with Crippen LogP contribution in [0.2, 0.25) is 10.0 Å². The van der Waals surface area contributed by atoms with Gasteiger partial charge >= 0.3 is 0 Å². The summed E-state index contributed by atoms with van der Waals surface area (Å²) in [4.78, 5) is 0. The lowest BCUT2D eigenvalue weighted by Gasteiger charge is -2.31. The zero-order chi connectivity index (χ0) is 12.5. The van der Waals surface area contributed by atoms with Gasteiger partial charge in [-0.2, -0.15) is 0 Å². The van der Waals surface area contributed by atoms with Gasteiger partial charge < -0.3 is 10.5 Å². The number of hydrogen-bond acceptors (Lipinski definition) is 2. The maximum atomic E-state index is 6.21. The number of ether oxygens (including phenoxy) is 1. The topological polar surface area (TPSA) is 35.2 Å². The largest absolute Gasteiger partial charge is 0.378 e. The van der Waals surface area contributed by atoms with Gasteiger partial charge in [0.15, 0.2) is 0 Å². The van der Waals surface area contributed by atoms with Crippen LogP contribution in [0.1, 0.15) is 18.9 Å². The Morgan fingerprint density at radius 3 is 2.53 bits per heavy atom. The van der Waals surface area contributed by atoms with Crippen molar-refractivity contribution in [3.05, 3.63) is 33.8 Å². The average molecular weight is 274 g/mol. The third kappa shape index (κ3) is 2.45. The minimum Gasteiger partial charge on any atom is -0.378 e. The van der Waals surface area contributed by atoms with Crippen LogP contribution in [0.5, 0.6) is 0 Å². The summed E-state index contributed by atoms with van der Waals surface area (Å²) in [7, 11) is 0. The van der Waals surface area contributed by atoms with E-state index >= 15 is 0 Å². The highest BCUT2D eigenvalue weighted by molar-refractivity contribution is 6.36. The summed E-state index contributed by atoms with van der Waals surface area (Å²) in [6.45, 7) is 3.43. The number of nitrogens with two attached hydrogens (primary N) is 1. The second-order valence-corrected chi connectivity index (χ2v) is 5.52. The quantitative estimate of drug-likeness (QED) is 0.918. The first-order valence-electron chi connectivity index (χ1n) is 5.83. The van der Waals surface area contributed by atoms with Crippen LogP contribution in [0.25, 0.3) is 0 Å². The van der Waals surface area contributed by atoms with Crippen LogP contribution in [0, 0.1) is 5.41 Å². The van der Waals surface area contributed by atoms with Crippen molar-refractivity contribution in [3.8, 4) is 0 Å². The van der Waals surface area contributed by atoms with Crippen LogP contribution < -0.4 is 5.73 Å². The smallest absolute Gasteiger partial charge is 0.0619 e. The molecule has 94 valence electrons. The molecule has 1 aromatic rings. The summed E-state index contributed by atoms with van der Waals surface area (Å²) in [6.07, 6.45) is 1.90. The van der Waals surface area contributed by atoms with Crippen molar-refractivity contribution in [1.82, 2.24) is 0 Å². The number of hydrogen-bond donors (Lipinski definition) is 1. The normalized spacial score (nSPS) is 28.6. The van der Waals surface area contributed by atoms with E-state index in [1.807, 2.05) is 18.2 Å². The Morgan fingerprint density at radius 2 is 2.06 bits per heavy atom. The SMILES string of the molecule is CC1OCCC1(CN)Cc1c(Cl)cccc1Cl. The fourth-order valence-electron chi connectivity index (χ4n) is 2.44. The van der Waals surface area contributed by atoms with Crippen LogP contribution in [0.3, 0.4) is 0 Å². The molecule has 0 amide bonds. The predicted molar refractivity (Wildman–Crippen MR) is 71.7 cm³/mol. The maximum absolute atomic E-state index is 6.21. The third-order valence-electron chi connectivity index (χ3n) is 3.83. The number of rotatable bonds is 3. The summed E-state index contributed by atoms with van der Waals surface area (Å²) in [5.41, 5.74) is 6.89. The molecule has 2 N–H and O–H groups in total. The van der Waals surface area contributed by atoms with Gasteiger partial charge in [-0.1, -0.05) is 29.3 Å². The molecule has 0 radical (unpaired) electrons. The first-order valence-corrected chi connectivity index (χ1v) is 6.59. The molecule has 1 heterocycles. The Labute approximate surface area is 112 Å². The van der Waals surface area contributed by atoms with Crippen molar-refractivity contribution in [2.24, 2.45) is 11.1 Å². The van der Waals surface area contributed by atoms with Crippen LogP contribution in [0.15, 0.2) is 18.2 Å². The zero-order valence-electron chi connectivity index (χ0n) is 9.88. The molecule has 0 saturated carbocycles. The molecule has 0 spiro atoms. The molecule has 0 bridgehead atoms. The Kier molecular flexibility index (Phi) is 3.99. The van der Waals surface area contributed by atoms with E-state index in [1.54, 1.807) is 0 Å². The first kappa shape index (κ1) is 13.2. The standard InChI is InChI=1S/C13H17Cl2NO/c1-9-13(8-16,5-6-17-9)7-10-11(14)3-2-4-12(10)15/h2-4,9H,5-8,16H2,1H3. The van der Waals surface area contributed by atoms with Crippen molar-refractivity contribution >= 4 is 23.2 Å². The highest BCUT2D eigenvalue weighted by atomic mass is 35.5. The van der Waals surface area contributed by atoms with Gasteiger partial charge in [0.05, 0.1) is 6.10 Å². The van der Waals surface area contributed by atoms with Gasteiger partial charge in [0.1, 0.15) is 0 Å². The predicted octanol–water partition coefficient (Wildman–Crippen LogP) is 3.29. The van der Waals surface area contributed by atoms with Crippen molar-refractivity contribution in [2.45, 2.75) is 25.9 Å². The van der Waals surface area contributed by atoms with E-state index in [4.69, 9.17) is 33.7 Å². The van der Waals surface area contributed by atoms with Gasteiger partial charge in [-0.15, -0.1) is 0 Å². The lowest BCUT2D eigenvalue weighted by molar-refractivity contribution is 0.0674. The molecule has 2 atom stereocenters. The highest BCUT2D eigenvalue weighted by Gasteiger charge is 2.41. The third-order valence-corrected chi connectivity index (χ3v) is 4.54. The molecule has 1 saturated heterocycles. The molecular formula is C13H17Cl2NO. The van der Waals surface area contributed by atoms with Crippen LogP contribution in [-0.4, -0.2) is 19.3 Å². The minimum absolute atomic E-state index is 0.0331. The van der Waals surface area contributed by atoms with Crippen molar-refractivity contribution in [1.29, 1.82) is 0 Å². The second-order valence-electron chi connectivity index (χ2n) is 4.71. The van der Waals surface area contributed by atoms with Gasteiger partial charge in [0.2, 0.25) is 0 Å². The van der Waals surface area contributed by atoms with E-state index in [0.29, 0.717) is 16.6 Å². The molecule has 2 nitrogen and oxygen atoms in total. The molecular weight excluding hydrogens is 257 g/mol. The Bertz CT molecular complexity index is 390. The van der Waals surface area contributed by atoms with E-state index in [2.05, 4.69) is 6.92 Å². The minimum atomic E-state index is -0.0331. The molecule has 1 aromatic carbocycles. The molecule has 0 aromatic heterocycles. The van der Waals surface area contributed by atoms with Crippen LogP contribution >= 0.6 is 23.2 Å². The van der Waals surface area contributed by atoms with Crippen molar-refractivity contribution in [3.63, 3.8) is 0 Å². The molecule has 2 rings (SSSR count). The fourth-order valence-corrected chi connectivity index (χ4v) is 2.98. The lowest BCUT2D eigenvalue weighted by Crippen LogP contribution is -2.38.